The summed E-state index contributed by atoms with van der Waals surface area (Å²) in [6.45, 7) is 4.22. The second kappa shape index (κ2) is 7.80. The molecule has 0 spiro atoms. The van der Waals surface area contributed by atoms with Crippen LogP contribution in [-0.2, 0) is 12.8 Å². The van der Waals surface area contributed by atoms with Gasteiger partial charge in [0.1, 0.15) is 5.76 Å². The quantitative estimate of drug-likeness (QED) is 0.663. The van der Waals surface area contributed by atoms with Gasteiger partial charge in [0.2, 0.25) is 0 Å². The van der Waals surface area contributed by atoms with Crippen molar-refractivity contribution in [3.05, 3.63) is 64.3 Å². The predicted octanol–water partition coefficient (Wildman–Crippen LogP) is 4.90. The fraction of sp³-hybridized carbons (Fsp3) is 0.381. The van der Waals surface area contributed by atoms with Crippen LogP contribution in [0.25, 0.3) is 0 Å². The van der Waals surface area contributed by atoms with Gasteiger partial charge < -0.3 is 9.84 Å². The van der Waals surface area contributed by atoms with E-state index < -0.39 is 0 Å². The molecule has 2 atom stereocenters. The maximum atomic E-state index is 12.7. The average molecular weight is 399 g/mol. The second-order valence-corrected chi connectivity index (χ2v) is 7.78. The molecule has 0 saturated heterocycles. The lowest BCUT2D eigenvalue weighted by atomic mass is 9.85. The first-order chi connectivity index (χ1) is 13.5. The average Bonchev–Trinajstić information content (AvgIpc) is 3.34. The zero-order valence-electron chi connectivity index (χ0n) is 16.0. The van der Waals surface area contributed by atoms with Crippen molar-refractivity contribution >= 4 is 23.2 Å². The van der Waals surface area contributed by atoms with E-state index in [-0.39, 0.29) is 11.9 Å². The summed E-state index contributed by atoms with van der Waals surface area (Å²) in [5.74, 6) is 1.18. The maximum Gasteiger partial charge on any atom is 0.278 e. The van der Waals surface area contributed by atoms with Crippen LogP contribution in [0.15, 0.2) is 41.2 Å². The standard InChI is InChI=1S/C21H23ClN4O2/c1-3-14-4-9-19-18(10-14)20(25-28-19)21(27)24-17-11-23-26(12-17)13(2)15-5-7-16(22)8-6-15/h5-8,11-14H,3-4,9-10H2,1-2H3,(H,24,27). The summed E-state index contributed by atoms with van der Waals surface area (Å²) in [5, 5.41) is 12.0. The normalized spacial score (nSPS) is 17.2. The molecule has 2 aromatic heterocycles. The van der Waals surface area contributed by atoms with Gasteiger partial charge in [-0.1, -0.05) is 42.2 Å². The summed E-state index contributed by atoms with van der Waals surface area (Å²) in [5.41, 5.74) is 3.07. The molecule has 0 aliphatic heterocycles. The number of benzene rings is 1. The minimum Gasteiger partial charge on any atom is -0.360 e. The fourth-order valence-electron chi connectivity index (χ4n) is 3.70. The monoisotopic (exact) mass is 398 g/mol. The summed E-state index contributed by atoms with van der Waals surface area (Å²) in [6.07, 6.45) is 7.36. The van der Waals surface area contributed by atoms with Crippen molar-refractivity contribution < 1.29 is 9.32 Å². The molecular weight excluding hydrogens is 376 g/mol. The molecular formula is C21H23ClN4O2. The van der Waals surface area contributed by atoms with E-state index in [4.69, 9.17) is 16.1 Å². The van der Waals surface area contributed by atoms with Gasteiger partial charge >= 0.3 is 0 Å². The molecule has 2 unspecified atom stereocenters. The Balaban J connectivity index is 1.48. The highest BCUT2D eigenvalue weighted by Crippen LogP contribution is 2.30. The summed E-state index contributed by atoms with van der Waals surface area (Å²) in [6, 6.07) is 7.68. The third-order valence-electron chi connectivity index (χ3n) is 5.54. The number of rotatable bonds is 5. The van der Waals surface area contributed by atoms with Crippen molar-refractivity contribution in [2.24, 2.45) is 5.92 Å². The zero-order valence-corrected chi connectivity index (χ0v) is 16.7. The molecule has 28 heavy (non-hydrogen) atoms. The number of aryl methyl sites for hydroxylation is 1. The molecule has 3 aromatic rings. The molecule has 1 N–H and O–H groups in total. The van der Waals surface area contributed by atoms with E-state index in [9.17, 15) is 4.79 Å². The number of halogens is 1. The summed E-state index contributed by atoms with van der Waals surface area (Å²) in [7, 11) is 0. The molecule has 0 bridgehead atoms. The number of fused-ring (bicyclic) bond motifs is 1. The van der Waals surface area contributed by atoms with E-state index in [1.54, 1.807) is 6.20 Å². The smallest absolute Gasteiger partial charge is 0.278 e. The van der Waals surface area contributed by atoms with Gasteiger partial charge in [0.25, 0.3) is 5.91 Å². The minimum absolute atomic E-state index is 0.0213. The molecule has 2 heterocycles. The van der Waals surface area contributed by atoms with Gasteiger partial charge in [-0.05, 0) is 43.4 Å². The third kappa shape index (κ3) is 3.69. The minimum atomic E-state index is -0.250. The molecule has 6 nitrogen and oxygen atoms in total. The fourth-order valence-corrected chi connectivity index (χ4v) is 3.83. The number of aromatic nitrogens is 3. The highest BCUT2D eigenvalue weighted by Gasteiger charge is 2.28. The van der Waals surface area contributed by atoms with Crippen LogP contribution in [0.2, 0.25) is 5.02 Å². The van der Waals surface area contributed by atoms with Gasteiger partial charge in [0, 0.05) is 23.2 Å². The Hall–Kier alpha value is -2.60. The topological polar surface area (TPSA) is 73.0 Å². The Labute approximate surface area is 168 Å². The van der Waals surface area contributed by atoms with Crippen molar-refractivity contribution in [1.29, 1.82) is 0 Å². The first-order valence-corrected chi connectivity index (χ1v) is 10.0. The van der Waals surface area contributed by atoms with Crippen molar-refractivity contribution in [1.82, 2.24) is 14.9 Å². The van der Waals surface area contributed by atoms with Crippen molar-refractivity contribution in [2.75, 3.05) is 5.32 Å². The van der Waals surface area contributed by atoms with Crippen LogP contribution in [-0.4, -0.2) is 20.8 Å². The second-order valence-electron chi connectivity index (χ2n) is 7.34. The molecule has 0 saturated carbocycles. The number of anilines is 1. The molecule has 1 amide bonds. The van der Waals surface area contributed by atoms with Crippen LogP contribution in [0.4, 0.5) is 5.69 Å². The number of carbonyl (C=O) groups is 1. The van der Waals surface area contributed by atoms with Crippen molar-refractivity contribution in [3.63, 3.8) is 0 Å². The van der Waals surface area contributed by atoms with E-state index >= 15 is 0 Å². The number of hydrogen-bond donors (Lipinski definition) is 1. The lowest BCUT2D eigenvalue weighted by Crippen LogP contribution is -2.18. The van der Waals surface area contributed by atoms with E-state index in [2.05, 4.69) is 22.5 Å². The molecule has 0 fully saturated rings. The Morgan fingerprint density at radius 2 is 2.18 bits per heavy atom. The van der Waals surface area contributed by atoms with Crippen LogP contribution in [0.5, 0.6) is 0 Å². The van der Waals surface area contributed by atoms with Gasteiger partial charge in [0.05, 0.1) is 17.9 Å². The largest absolute Gasteiger partial charge is 0.360 e. The van der Waals surface area contributed by atoms with Crippen LogP contribution < -0.4 is 5.32 Å². The zero-order chi connectivity index (χ0) is 19.7. The number of amides is 1. The number of nitrogens with zero attached hydrogens (tertiary/aromatic N) is 3. The molecule has 146 valence electrons. The Bertz CT molecular complexity index is 977. The van der Waals surface area contributed by atoms with Crippen LogP contribution in [0.3, 0.4) is 0 Å². The predicted molar refractivity (Wildman–Crippen MR) is 108 cm³/mol. The SMILES string of the molecule is CCC1CCc2onc(C(=O)Nc3cnn(C(C)c4ccc(Cl)cc4)c3)c2C1. The van der Waals surface area contributed by atoms with E-state index in [1.807, 2.05) is 42.1 Å². The van der Waals surface area contributed by atoms with Crippen LogP contribution in [0.1, 0.15) is 60.1 Å². The summed E-state index contributed by atoms with van der Waals surface area (Å²) in [4.78, 5) is 12.7. The summed E-state index contributed by atoms with van der Waals surface area (Å²) < 4.78 is 7.22. The Morgan fingerprint density at radius 3 is 2.93 bits per heavy atom. The van der Waals surface area contributed by atoms with Crippen molar-refractivity contribution in [2.45, 2.75) is 45.6 Å². The Kier molecular flexibility index (Phi) is 5.22. The lowest BCUT2D eigenvalue weighted by Gasteiger charge is -2.19. The maximum absolute atomic E-state index is 12.7. The van der Waals surface area contributed by atoms with E-state index in [1.165, 1.54) is 0 Å². The molecule has 0 radical (unpaired) electrons. The molecule has 1 aliphatic rings. The molecule has 1 aromatic carbocycles. The molecule has 1 aliphatic carbocycles. The van der Waals surface area contributed by atoms with Gasteiger partial charge in [-0.3, -0.25) is 9.48 Å². The highest BCUT2D eigenvalue weighted by molar-refractivity contribution is 6.30. The van der Waals surface area contributed by atoms with Crippen molar-refractivity contribution in [3.8, 4) is 0 Å². The summed E-state index contributed by atoms with van der Waals surface area (Å²) >= 11 is 5.96. The number of carbonyl (C=O) groups excluding carboxylic acids is 1. The number of hydrogen-bond acceptors (Lipinski definition) is 4. The first-order valence-electron chi connectivity index (χ1n) is 9.63. The van der Waals surface area contributed by atoms with Gasteiger partial charge in [-0.2, -0.15) is 5.10 Å². The van der Waals surface area contributed by atoms with Crippen LogP contribution >= 0.6 is 11.6 Å². The van der Waals surface area contributed by atoms with Crippen LogP contribution in [0, 0.1) is 5.92 Å². The first kappa shape index (κ1) is 18.7. The molecule has 4 rings (SSSR count). The molecule has 7 heteroatoms. The lowest BCUT2D eigenvalue weighted by molar-refractivity contribution is 0.101. The van der Waals surface area contributed by atoms with E-state index in [0.29, 0.717) is 22.3 Å². The third-order valence-corrected chi connectivity index (χ3v) is 5.80. The van der Waals surface area contributed by atoms with Gasteiger partial charge in [0.15, 0.2) is 5.69 Å². The Morgan fingerprint density at radius 1 is 1.39 bits per heavy atom. The highest BCUT2D eigenvalue weighted by atomic mass is 35.5. The van der Waals surface area contributed by atoms with Gasteiger partial charge in [-0.25, -0.2) is 0 Å². The number of nitrogens with one attached hydrogen (secondary N) is 1. The van der Waals surface area contributed by atoms with E-state index in [0.717, 1.165) is 42.6 Å². The van der Waals surface area contributed by atoms with Gasteiger partial charge in [-0.15, -0.1) is 0 Å².